The first-order valence-corrected chi connectivity index (χ1v) is 6.06. The number of rotatable bonds is 7. The van der Waals surface area contributed by atoms with E-state index in [4.69, 9.17) is 4.42 Å². The number of carbonyl (C=O) groups excluding carboxylic acids is 2. The molecule has 6 heteroatoms. The molecule has 1 heterocycles. The van der Waals surface area contributed by atoms with Crippen LogP contribution >= 0.6 is 0 Å². The molecule has 0 radical (unpaired) electrons. The molecule has 0 N–H and O–H groups in total. The Bertz CT molecular complexity index is 426. The Hall–Kier alpha value is -1.82. The second-order valence-electron chi connectivity index (χ2n) is 4.05. The summed E-state index contributed by atoms with van der Waals surface area (Å²) in [6.45, 7) is 3.35. The number of ether oxygens (including phenoxy) is 2. The summed E-state index contributed by atoms with van der Waals surface area (Å²) in [5.41, 5.74) is 0.698. The molecule has 0 bridgehead atoms. The Balaban J connectivity index is 2.76. The van der Waals surface area contributed by atoms with Gasteiger partial charge in [-0.1, -0.05) is 6.92 Å². The monoisotopic (exact) mass is 269 g/mol. The summed E-state index contributed by atoms with van der Waals surface area (Å²) in [6, 6.07) is 1.70. The third kappa shape index (κ3) is 4.40. The summed E-state index contributed by atoms with van der Waals surface area (Å²) in [4.78, 5) is 24.7. The first-order valence-electron chi connectivity index (χ1n) is 6.06. The van der Waals surface area contributed by atoms with Gasteiger partial charge in [0.05, 0.1) is 27.0 Å². The van der Waals surface area contributed by atoms with Crippen LogP contribution in [0.4, 0.5) is 0 Å². The lowest BCUT2D eigenvalue weighted by molar-refractivity contribution is -0.142. The van der Waals surface area contributed by atoms with Crippen LogP contribution < -0.4 is 0 Å². The first-order chi connectivity index (χ1) is 9.12. The lowest BCUT2D eigenvalue weighted by Gasteiger charge is -2.19. The molecule has 0 spiro atoms. The Morgan fingerprint density at radius 3 is 2.63 bits per heavy atom. The van der Waals surface area contributed by atoms with Crippen molar-refractivity contribution in [1.29, 1.82) is 0 Å². The summed E-state index contributed by atoms with van der Waals surface area (Å²) in [6.07, 6.45) is 2.33. The second kappa shape index (κ2) is 7.58. The van der Waals surface area contributed by atoms with Gasteiger partial charge in [0.25, 0.3) is 0 Å². The van der Waals surface area contributed by atoms with Crippen molar-refractivity contribution in [3.8, 4) is 0 Å². The molecule has 0 unspecified atom stereocenters. The van der Waals surface area contributed by atoms with Crippen molar-refractivity contribution < 1.29 is 23.5 Å². The maximum absolute atomic E-state index is 11.5. The molecule has 19 heavy (non-hydrogen) atoms. The molecule has 0 aliphatic heterocycles. The molecule has 0 aliphatic rings. The van der Waals surface area contributed by atoms with Crippen molar-refractivity contribution >= 4 is 11.9 Å². The standard InChI is InChI=1S/C13H19NO5/c1-4-6-14(9-11(15)17-2)8-10-5-7-19-12(10)13(16)18-3/h5,7H,4,6,8-9H2,1-3H3. The van der Waals surface area contributed by atoms with E-state index in [0.29, 0.717) is 12.1 Å². The van der Waals surface area contributed by atoms with Crippen LogP contribution in [0, 0.1) is 0 Å². The fourth-order valence-electron chi connectivity index (χ4n) is 1.75. The van der Waals surface area contributed by atoms with Gasteiger partial charge in [-0.15, -0.1) is 0 Å². The van der Waals surface area contributed by atoms with E-state index in [1.54, 1.807) is 6.07 Å². The van der Waals surface area contributed by atoms with Gasteiger partial charge in [-0.25, -0.2) is 4.79 Å². The molecule has 1 rings (SSSR count). The van der Waals surface area contributed by atoms with E-state index in [0.717, 1.165) is 13.0 Å². The Kier molecular flexibility index (Phi) is 6.08. The van der Waals surface area contributed by atoms with Crippen LogP contribution in [0.2, 0.25) is 0 Å². The van der Waals surface area contributed by atoms with Gasteiger partial charge in [-0.2, -0.15) is 0 Å². The zero-order valence-electron chi connectivity index (χ0n) is 11.5. The molecule has 106 valence electrons. The normalized spacial score (nSPS) is 10.5. The maximum atomic E-state index is 11.5. The van der Waals surface area contributed by atoms with Gasteiger partial charge in [0.1, 0.15) is 0 Å². The molecule has 6 nitrogen and oxygen atoms in total. The summed E-state index contributed by atoms with van der Waals surface area (Å²) in [7, 11) is 2.65. The van der Waals surface area contributed by atoms with Gasteiger partial charge in [0.2, 0.25) is 5.76 Å². The molecular weight excluding hydrogens is 250 g/mol. The molecule has 0 fully saturated rings. The second-order valence-corrected chi connectivity index (χ2v) is 4.05. The number of hydrogen-bond acceptors (Lipinski definition) is 6. The molecular formula is C13H19NO5. The highest BCUT2D eigenvalue weighted by Gasteiger charge is 2.19. The van der Waals surface area contributed by atoms with Crippen LogP contribution in [0.3, 0.4) is 0 Å². The average molecular weight is 269 g/mol. The zero-order chi connectivity index (χ0) is 14.3. The largest absolute Gasteiger partial charge is 0.468 e. The van der Waals surface area contributed by atoms with E-state index in [2.05, 4.69) is 9.47 Å². The predicted molar refractivity (Wildman–Crippen MR) is 67.6 cm³/mol. The molecule has 0 aliphatic carbocycles. The summed E-state index contributed by atoms with van der Waals surface area (Å²) in [5, 5.41) is 0. The van der Waals surface area contributed by atoms with E-state index in [-0.39, 0.29) is 18.3 Å². The third-order valence-electron chi connectivity index (χ3n) is 2.63. The van der Waals surface area contributed by atoms with Crippen LogP contribution in [0.25, 0.3) is 0 Å². The minimum absolute atomic E-state index is 0.175. The number of esters is 2. The first kappa shape index (κ1) is 15.2. The Labute approximate surface area is 112 Å². The SMILES string of the molecule is CCCN(CC(=O)OC)Cc1ccoc1C(=O)OC. The number of furan rings is 1. The minimum atomic E-state index is -0.519. The van der Waals surface area contributed by atoms with Crippen LogP contribution in [0.5, 0.6) is 0 Å². The number of nitrogens with zero attached hydrogens (tertiary/aromatic N) is 1. The van der Waals surface area contributed by atoms with Crippen molar-refractivity contribution in [2.45, 2.75) is 19.9 Å². The van der Waals surface area contributed by atoms with E-state index in [1.807, 2.05) is 11.8 Å². The number of methoxy groups -OCH3 is 2. The summed E-state index contributed by atoms with van der Waals surface area (Å²) in [5.74, 6) is -0.653. The quantitative estimate of drug-likeness (QED) is 0.698. The zero-order valence-corrected chi connectivity index (χ0v) is 11.5. The van der Waals surface area contributed by atoms with E-state index in [1.165, 1.54) is 20.5 Å². The maximum Gasteiger partial charge on any atom is 0.374 e. The molecule has 0 amide bonds. The highest BCUT2D eigenvalue weighted by atomic mass is 16.5. The van der Waals surface area contributed by atoms with Crippen LogP contribution in [-0.4, -0.2) is 44.1 Å². The fourth-order valence-corrected chi connectivity index (χ4v) is 1.75. The fraction of sp³-hybridized carbons (Fsp3) is 0.538. The van der Waals surface area contributed by atoms with Crippen molar-refractivity contribution in [2.24, 2.45) is 0 Å². The Morgan fingerprint density at radius 1 is 1.32 bits per heavy atom. The van der Waals surface area contributed by atoms with Crippen molar-refractivity contribution in [3.05, 3.63) is 23.7 Å². The van der Waals surface area contributed by atoms with Crippen molar-refractivity contribution in [3.63, 3.8) is 0 Å². The predicted octanol–water partition coefficient (Wildman–Crippen LogP) is 1.45. The van der Waals surface area contributed by atoms with Crippen LogP contribution in [0.15, 0.2) is 16.7 Å². The molecule has 0 aromatic carbocycles. The molecule has 1 aromatic rings. The van der Waals surface area contributed by atoms with Crippen LogP contribution in [0.1, 0.15) is 29.5 Å². The summed E-state index contributed by atoms with van der Waals surface area (Å²) < 4.78 is 14.4. The Morgan fingerprint density at radius 2 is 2.05 bits per heavy atom. The summed E-state index contributed by atoms with van der Waals surface area (Å²) >= 11 is 0. The molecule has 0 saturated carbocycles. The van der Waals surface area contributed by atoms with Crippen molar-refractivity contribution in [2.75, 3.05) is 27.3 Å². The molecule has 0 saturated heterocycles. The lowest BCUT2D eigenvalue weighted by atomic mass is 10.2. The number of hydrogen-bond donors (Lipinski definition) is 0. The van der Waals surface area contributed by atoms with Gasteiger partial charge < -0.3 is 13.9 Å². The van der Waals surface area contributed by atoms with Gasteiger partial charge in [0.15, 0.2) is 0 Å². The highest BCUT2D eigenvalue weighted by Crippen LogP contribution is 2.14. The van der Waals surface area contributed by atoms with Gasteiger partial charge in [-0.3, -0.25) is 9.69 Å². The van der Waals surface area contributed by atoms with Crippen molar-refractivity contribution in [1.82, 2.24) is 4.90 Å². The van der Waals surface area contributed by atoms with E-state index >= 15 is 0 Å². The molecule has 0 atom stereocenters. The topological polar surface area (TPSA) is 69.0 Å². The van der Waals surface area contributed by atoms with Gasteiger partial charge in [0, 0.05) is 12.1 Å². The minimum Gasteiger partial charge on any atom is -0.468 e. The highest BCUT2D eigenvalue weighted by molar-refractivity contribution is 5.87. The van der Waals surface area contributed by atoms with Gasteiger partial charge in [-0.05, 0) is 19.0 Å². The lowest BCUT2D eigenvalue weighted by Crippen LogP contribution is -2.31. The van der Waals surface area contributed by atoms with Crippen LogP contribution in [-0.2, 0) is 20.8 Å². The third-order valence-corrected chi connectivity index (χ3v) is 2.63. The smallest absolute Gasteiger partial charge is 0.374 e. The van der Waals surface area contributed by atoms with E-state index < -0.39 is 5.97 Å². The average Bonchev–Trinajstić information content (AvgIpc) is 2.86. The van der Waals surface area contributed by atoms with E-state index in [9.17, 15) is 9.59 Å². The number of carbonyl (C=O) groups is 2. The molecule has 1 aromatic heterocycles. The van der Waals surface area contributed by atoms with Gasteiger partial charge >= 0.3 is 11.9 Å².